The monoisotopic (exact) mass is 298 g/mol. The first-order valence-electron chi connectivity index (χ1n) is 8.15. The number of piperidine rings is 1. The maximum atomic E-state index is 4.29. The molecule has 2 heterocycles. The molecule has 0 N–H and O–H groups in total. The van der Waals surface area contributed by atoms with Crippen molar-refractivity contribution in [2.75, 3.05) is 27.2 Å². The Balaban J connectivity index is 1.62. The van der Waals surface area contributed by atoms with Gasteiger partial charge in [-0.2, -0.15) is 5.10 Å². The molecule has 4 heteroatoms. The number of benzene rings is 1. The average molecular weight is 298 g/mol. The minimum absolute atomic E-state index is 0.695. The van der Waals surface area contributed by atoms with Gasteiger partial charge in [0.1, 0.15) is 0 Å². The van der Waals surface area contributed by atoms with Gasteiger partial charge in [-0.1, -0.05) is 24.3 Å². The van der Waals surface area contributed by atoms with Gasteiger partial charge in [0.15, 0.2) is 0 Å². The number of hydrogen-bond acceptors (Lipinski definition) is 3. The molecule has 4 nitrogen and oxygen atoms in total. The first-order chi connectivity index (χ1) is 10.7. The number of likely N-dealkylation sites (N-methyl/N-ethyl adjacent to an activating group) is 1. The van der Waals surface area contributed by atoms with Crippen LogP contribution in [-0.4, -0.2) is 52.8 Å². The molecule has 0 unspecified atom stereocenters. The molecule has 1 aromatic carbocycles. The van der Waals surface area contributed by atoms with Gasteiger partial charge in [0.25, 0.3) is 0 Å². The van der Waals surface area contributed by atoms with Crippen LogP contribution in [0.3, 0.4) is 0 Å². The van der Waals surface area contributed by atoms with Gasteiger partial charge in [0.2, 0.25) is 0 Å². The fourth-order valence-electron chi connectivity index (χ4n) is 3.26. The molecule has 1 aliphatic rings. The van der Waals surface area contributed by atoms with Crippen molar-refractivity contribution in [1.82, 2.24) is 19.6 Å². The summed E-state index contributed by atoms with van der Waals surface area (Å²) in [5.74, 6) is 0. The summed E-state index contributed by atoms with van der Waals surface area (Å²) >= 11 is 0. The van der Waals surface area contributed by atoms with E-state index in [1.54, 1.807) is 0 Å². The van der Waals surface area contributed by atoms with Crippen LogP contribution in [0.15, 0.2) is 42.7 Å². The van der Waals surface area contributed by atoms with Crippen molar-refractivity contribution in [3.8, 4) is 0 Å². The van der Waals surface area contributed by atoms with Gasteiger partial charge in [-0.3, -0.25) is 9.58 Å². The van der Waals surface area contributed by atoms with Gasteiger partial charge in [-0.25, -0.2) is 0 Å². The first kappa shape index (κ1) is 15.3. The molecule has 0 spiro atoms. The van der Waals surface area contributed by atoms with Crippen LogP contribution in [0, 0.1) is 0 Å². The summed E-state index contributed by atoms with van der Waals surface area (Å²) < 4.78 is 1.97. The molecule has 0 aliphatic carbocycles. The van der Waals surface area contributed by atoms with Crippen LogP contribution < -0.4 is 0 Å². The van der Waals surface area contributed by atoms with Gasteiger partial charge < -0.3 is 4.90 Å². The second kappa shape index (κ2) is 7.07. The molecule has 22 heavy (non-hydrogen) atoms. The molecule has 118 valence electrons. The van der Waals surface area contributed by atoms with Gasteiger partial charge in [-0.15, -0.1) is 0 Å². The van der Waals surface area contributed by atoms with E-state index in [9.17, 15) is 0 Å². The average Bonchev–Trinajstić information content (AvgIpc) is 3.01. The van der Waals surface area contributed by atoms with Crippen molar-refractivity contribution in [2.24, 2.45) is 0 Å². The lowest BCUT2D eigenvalue weighted by Crippen LogP contribution is -2.44. The molecule has 1 atom stereocenters. The highest BCUT2D eigenvalue weighted by Crippen LogP contribution is 2.17. The van der Waals surface area contributed by atoms with Gasteiger partial charge in [-0.05, 0) is 50.7 Å². The fourth-order valence-corrected chi connectivity index (χ4v) is 3.26. The largest absolute Gasteiger partial charge is 0.305 e. The summed E-state index contributed by atoms with van der Waals surface area (Å²) in [5, 5.41) is 4.29. The lowest BCUT2D eigenvalue weighted by molar-refractivity contribution is 0.128. The minimum Gasteiger partial charge on any atom is -0.305 e. The third kappa shape index (κ3) is 3.96. The van der Waals surface area contributed by atoms with Gasteiger partial charge in [0.05, 0.1) is 6.54 Å². The molecule has 0 radical (unpaired) electrons. The quantitative estimate of drug-likeness (QED) is 0.847. The molecule has 0 saturated carbocycles. The summed E-state index contributed by atoms with van der Waals surface area (Å²) in [6, 6.07) is 11.6. The van der Waals surface area contributed by atoms with Crippen LogP contribution >= 0.6 is 0 Å². The van der Waals surface area contributed by atoms with Crippen LogP contribution in [0.4, 0.5) is 0 Å². The zero-order valence-electron chi connectivity index (χ0n) is 13.7. The van der Waals surface area contributed by atoms with Crippen molar-refractivity contribution in [3.05, 3.63) is 53.9 Å². The van der Waals surface area contributed by atoms with Crippen LogP contribution in [-0.2, 0) is 13.1 Å². The summed E-state index contributed by atoms with van der Waals surface area (Å²) in [4.78, 5) is 4.95. The molecule has 1 fully saturated rings. The zero-order chi connectivity index (χ0) is 15.4. The van der Waals surface area contributed by atoms with Crippen LogP contribution in [0.5, 0.6) is 0 Å². The molecular formula is C18H26N4. The number of aromatic nitrogens is 2. The second-order valence-electron chi connectivity index (χ2n) is 6.52. The van der Waals surface area contributed by atoms with Crippen LogP contribution in [0.2, 0.25) is 0 Å². The van der Waals surface area contributed by atoms with Crippen molar-refractivity contribution in [1.29, 1.82) is 0 Å². The third-order valence-electron chi connectivity index (χ3n) is 4.51. The first-order valence-corrected chi connectivity index (χ1v) is 8.15. The normalized spacial score (nSPS) is 19.7. The van der Waals surface area contributed by atoms with E-state index in [4.69, 9.17) is 0 Å². The topological polar surface area (TPSA) is 24.3 Å². The zero-order valence-corrected chi connectivity index (χ0v) is 13.7. The summed E-state index contributed by atoms with van der Waals surface area (Å²) in [6.45, 7) is 4.29. The molecule has 0 bridgehead atoms. The number of rotatable bonds is 5. The van der Waals surface area contributed by atoms with E-state index in [1.807, 2.05) is 23.1 Å². The Morgan fingerprint density at radius 3 is 2.73 bits per heavy atom. The van der Waals surface area contributed by atoms with Crippen LogP contribution in [0.25, 0.3) is 0 Å². The predicted octanol–water partition coefficient (Wildman–Crippen LogP) is 2.46. The maximum Gasteiger partial charge on any atom is 0.0659 e. The van der Waals surface area contributed by atoms with E-state index < -0.39 is 0 Å². The van der Waals surface area contributed by atoms with Gasteiger partial charge in [0, 0.05) is 31.5 Å². The molecule has 0 amide bonds. The Morgan fingerprint density at radius 1 is 1.18 bits per heavy atom. The van der Waals surface area contributed by atoms with E-state index in [2.05, 4.69) is 53.3 Å². The summed E-state index contributed by atoms with van der Waals surface area (Å²) in [6.07, 6.45) is 6.47. The highest BCUT2D eigenvalue weighted by Gasteiger charge is 2.21. The molecular weight excluding hydrogens is 272 g/mol. The molecule has 1 aromatic heterocycles. The van der Waals surface area contributed by atoms with Crippen molar-refractivity contribution in [2.45, 2.75) is 32.0 Å². The summed E-state index contributed by atoms with van der Waals surface area (Å²) in [5.41, 5.74) is 2.73. The highest BCUT2D eigenvalue weighted by molar-refractivity contribution is 5.23. The standard InChI is InChI=1S/C18H26N4/c1-20(2)18-8-4-10-21(15-18)13-16-6-3-7-17(12-16)14-22-11-5-9-19-22/h3,5-7,9,11-12,18H,4,8,10,13-15H2,1-2H3/t18-/m1/s1. The van der Waals surface area contributed by atoms with Crippen molar-refractivity contribution in [3.63, 3.8) is 0 Å². The van der Waals surface area contributed by atoms with E-state index in [0.717, 1.165) is 13.1 Å². The number of hydrogen-bond donors (Lipinski definition) is 0. The van der Waals surface area contributed by atoms with E-state index in [1.165, 1.54) is 37.1 Å². The second-order valence-corrected chi connectivity index (χ2v) is 6.52. The Morgan fingerprint density at radius 2 is 2.00 bits per heavy atom. The molecule has 2 aromatic rings. The highest BCUT2D eigenvalue weighted by atomic mass is 15.3. The van der Waals surface area contributed by atoms with E-state index >= 15 is 0 Å². The Kier molecular flexibility index (Phi) is 4.90. The maximum absolute atomic E-state index is 4.29. The minimum atomic E-state index is 0.695. The Bertz CT molecular complexity index is 577. The molecule has 3 rings (SSSR count). The predicted molar refractivity (Wildman–Crippen MR) is 89.8 cm³/mol. The van der Waals surface area contributed by atoms with Crippen molar-refractivity contribution < 1.29 is 0 Å². The van der Waals surface area contributed by atoms with E-state index in [-0.39, 0.29) is 0 Å². The SMILES string of the molecule is CN(C)[C@@H]1CCCN(Cc2cccc(Cn3cccn3)c2)C1. The third-order valence-corrected chi connectivity index (χ3v) is 4.51. The lowest BCUT2D eigenvalue weighted by atomic mass is 10.0. The Labute approximate surface area is 133 Å². The van der Waals surface area contributed by atoms with Crippen LogP contribution in [0.1, 0.15) is 24.0 Å². The smallest absolute Gasteiger partial charge is 0.0659 e. The summed E-state index contributed by atoms with van der Waals surface area (Å²) in [7, 11) is 4.39. The Hall–Kier alpha value is -1.65. The number of likely N-dealkylation sites (tertiary alicyclic amines) is 1. The number of nitrogens with zero attached hydrogens (tertiary/aromatic N) is 4. The molecule has 1 aliphatic heterocycles. The molecule has 1 saturated heterocycles. The lowest BCUT2D eigenvalue weighted by Gasteiger charge is -2.36. The van der Waals surface area contributed by atoms with Crippen molar-refractivity contribution >= 4 is 0 Å². The van der Waals surface area contributed by atoms with Gasteiger partial charge >= 0.3 is 0 Å². The van der Waals surface area contributed by atoms with E-state index in [0.29, 0.717) is 6.04 Å². The fraction of sp³-hybridized carbons (Fsp3) is 0.500.